The second-order valence-electron chi connectivity index (χ2n) is 3.76. The van der Waals surface area contributed by atoms with Crippen LogP contribution in [0, 0.1) is 0 Å². The van der Waals surface area contributed by atoms with Crippen molar-refractivity contribution in [2.24, 2.45) is 0 Å². The first-order valence-electron chi connectivity index (χ1n) is 5.70. The zero-order valence-corrected chi connectivity index (χ0v) is 11.0. The quantitative estimate of drug-likeness (QED) is 0.861. The summed E-state index contributed by atoms with van der Waals surface area (Å²) in [7, 11) is 2.90. The summed E-state index contributed by atoms with van der Waals surface area (Å²) in [6, 6.07) is 6.69. The maximum Gasteiger partial charge on any atom is 0.337 e. The lowest BCUT2D eigenvalue weighted by Crippen LogP contribution is -2.05. The Bertz CT molecular complexity index is 631. The van der Waals surface area contributed by atoms with Gasteiger partial charge in [-0.1, -0.05) is 12.1 Å². The number of carboxylic acid groups (broad SMARTS) is 1. The summed E-state index contributed by atoms with van der Waals surface area (Å²) in [5.41, 5.74) is 1.01. The number of benzene rings is 1. The van der Waals surface area contributed by atoms with Crippen LogP contribution in [0.5, 0.6) is 11.9 Å². The number of hydrogen-bond donors (Lipinski definition) is 2. The van der Waals surface area contributed by atoms with Gasteiger partial charge in [-0.05, 0) is 12.1 Å². The minimum Gasteiger partial charge on any atom is -0.479 e. The highest BCUT2D eigenvalue weighted by Gasteiger charge is 2.13. The Balaban J connectivity index is 2.37. The van der Waals surface area contributed by atoms with E-state index in [-0.39, 0.29) is 17.5 Å². The van der Waals surface area contributed by atoms with Crippen LogP contribution in [0.2, 0.25) is 0 Å². The van der Waals surface area contributed by atoms with Gasteiger partial charge in [0.15, 0.2) is 0 Å². The van der Waals surface area contributed by atoms with Crippen molar-refractivity contribution in [3.8, 4) is 11.9 Å². The first-order chi connectivity index (χ1) is 9.65. The number of carboxylic acids is 1. The van der Waals surface area contributed by atoms with Gasteiger partial charge in [0, 0.05) is 0 Å². The Kier molecular flexibility index (Phi) is 3.99. The van der Waals surface area contributed by atoms with Crippen LogP contribution < -0.4 is 14.8 Å². The molecule has 0 aliphatic carbocycles. The number of nitrogens with zero attached hydrogens (tertiary/aromatic N) is 2. The minimum absolute atomic E-state index is 0.144. The molecule has 0 radical (unpaired) electrons. The molecule has 0 spiro atoms. The predicted octanol–water partition coefficient (Wildman–Crippen LogP) is 1.94. The Morgan fingerprint density at radius 2 is 1.95 bits per heavy atom. The van der Waals surface area contributed by atoms with Crippen LogP contribution in [0.25, 0.3) is 0 Å². The van der Waals surface area contributed by atoms with Crippen molar-refractivity contribution in [1.82, 2.24) is 9.97 Å². The number of aromatic carboxylic acids is 1. The fourth-order valence-corrected chi connectivity index (χ4v) is 1.61. The molecule has 2 N–H and O–H groups in total. The van der Waals surface area contributed by atoms with Gasteiger partial charge in [0.05, 0.1) is 31.7 Å². The lowest BCUT2D eigenvalue weighted by molar-refractivity contribution is 0.0698. The van der Waals surface area contributed by atoms with E-state index in [4.69, 9.17) is 14.6 Å². The molecule has 0 aliphatic rings. The molecular weight excluding hydrogens is 262 g/mol. The van der Waals surface area contributed by atoms with E-state index in [1.807, 2.05) is 0 Å². The number of methoxy groups -OCH3 is 2. The molecule has 0 atom stereocenters. The minimum atomic E-state index is -1.03. The average molecular weight is 275 g/mol. The van der Waals surface area contributed by atoms with E-state index < -0.39 is 5.97 Å². The van der Waals surface area contributed by atoms with Gasteiger partial charge >= 0.3 is 12.0 Å². The molecule has 0 bridgehead atoms. The molecule has 0 fully saturated rings. The fraction of sp³-hybridized carbons (Fsp3) is 0.154. The summed E-state index contributed by atoms with van der Waals surface area (Å²) in [6.07, 6.45) is 1.46. The Morgan fingerprint density at radius 1 is 1.20 bits per heavy atom. The highest BCUT2D eigenvalue weighted by Crippen LogP contribution is 2.27. The molecule has 0 saturated heterocycles. The molecule has 2 rings (SSSR count). The molecule has 1 aromatic heterocycles. The third-order valence-electron chi connectivity index (χ3n) is 2.53. The number of hydrogen-bond acceptors (Lipinski definition) is 6. The largest absolute Gasteiger partial charge is 0.479 e. The Hall–Kier alpha value is -2.83. The van der Waals surface area contributed by atoms with E-state index in [9.17, 15) is 4.79 Å². The van der Waals surface area contributed by atoms with Gasteiger partial charge in [-0.15, -0.1) is 0 Å². The molecule has 0 saturated carbocycles. The highest BCUT2D eigenvalue weighted by atomic mass is 16.5. The molecule has 0 amide bonds. The zero-order chi connectivity index (χ0) is 14.5. The summed E-state index contributed by atoms with van der Waals surface area (Å²) < 4.78 is 10.0. The molecule has 20 heavy (non-hydrogen) atoms. The number of rotatable bonds is 5. The number of aromatic nitrogens is 2. The van der Waals surface area contributed by atoms with Crippen LogP contribution in [0.1, 0.15) is 10.4 Å². The van der Waals surface area contributed by atoms with Crippen molar-refractivity contribution in [3.05, 3.63) is 36.0 Å². The molecule has 1 aromatic carbocycles. The summed E-state index contributed by atoms with van der Waals surface area (Å²) in [5, 5.41) is 12.1. The molecule has 2 aromatic rings. The normalized spacial score (nSPS) is 9.90. The van der Waals surface area contributed by atoms with E-state index in [1.165, 1.54) is 26.5 Å². The molecule has 0 aliphatic heterocycles. The molecule has 7 nitrogen and oxygen atoms in total. The van der Waals surface area contributed by atoms with E-state index in [0.717, 1.165) is 0 Å². The van der Waals surface area contributed by atoms with Crippen LogP contribution in [0.15, 0.2) is 30.5 Å². The average Bonchev–Trinajstić information content (AvgIpc) is 2.48. The third-order valence-corrected chi connectivity index (χ3v) is 2.53. The number of carbonyl (C=O) groups is 1. The zero-order valence-electron chi connectivity index (χ0n) is 11.0. The molecule has 0 unspecified atom stereocenters. The first kappa shape index (κ1) is 13.6. The van der Waals surface area contributed by atoms with Gasteiger partial charge in [0.25, 0.3) is 0 Å². The van der Waals surface area contributed by atoms with Gasteiger partial charge < -0.3 is 19.9 Å². The van der Waals surface area contributed by atoms with Gasteiger partial charge in [-0.3, -0.25) is 0 Å². The Labute approximate surface area is 115 Å². The van der Waals surface area contributed by atoms with Gasteiger partial charge in [0.2, 0.25) is 5.88 Å². The Morgan fingerprint density at radius 3 is 2.60 bits per heavy atom. The number of anilines is 2. The molecular formula is C13H13N3O4. The highest BCUT2D eigenvalue weighted by molar-refractivity contribution is 5.95. The summed E-state index contributed by atoms with van der Waals surface area (Å²) >= 11 is 0. The van der Waals surface area contributed by atoms with Crippen molar-refractivity contribution in [2.45, 2.75) is 0 Å². The van der Waals surface area contributed by atoms with E-state index >= 15 is 0 Å². The van der Waals surface area contributed by atoms with Crippen molar-refractivity contribution < 1.29 is 19.4 Å². The molecule has 1 heterocycles. The topological polar surface area (TPSA) is 93.6 Å². The smallest absolute Gasteiger partial charge is 0.337 e. The number of ether oxygens (including phenoxy) is 2. The van der Waals surface area contributed by atoms with E-state index in [0.29, 0.717) is 11.4 Å². The summed E-state index contributed by atoms with van der Waals surface area (Å²) in [6.45, 7) is 0. The van der Waals surface area contributed by atoms with Gasteiger partial charge in [0.1, 0.15) is 5.69 Å². The van der Waals surface area contributed by atoms with Gasteiger partial charge in [-0.2, -0.15) is 4.98 Å². The lowest BCUT2D eigenvalue weighted by Gasteiger charge is -2.12. The summed E-state index contributed by atoms with van der Waals surface area (Å²) in [5.74, 6) is -0.765. The molecule has 104 valence electrons. The second-order valence-corrected chi connectivity index (χ2v) is 3.76. The van der Waals surface area contributed by atoms with Crippen LogP contribution in [0.3, 0.4) is 0 Å². The van der Waals surface area contributed by atoms with Crippen molar-refractivity contribution >= 4 is 17.3 Å². The van der Waals surface area contributed by atoms with Crippen LogP contribution in [0.4, 0.5) is 11.4 Å². The number of nitrogens with one attached hydrogen (secondary N) is 1. The monoisotopic (exact) mass is 275 g/mol. The van der Waals surface area contributed by atoms with E-state index in [2.05, 4.69) is 15.3 Å². The first-order valence-corrected chi connectivity index (χ1v) is 5.70. The van der Waals surface area contributed by atoms with E-state index in [1.54, 1.807) is 18.2 Å². The summed E-state index contributed by atoms with van der Waals surface area (Å²) in [4.78, 5) is 19.1. The SMILES string of the molecule is COc1ncc(Nc2ccccc2C(=O)O)c(OC)n1. The van der Waals surface area contributed by atoms with Crippen LogP contribution in [-0.2, 0) is 0 Å². The van der Waals surface area contributed by atoms with Crippen molar-refractivity contribution in [3.63, 3.8) is 0 Å². The maximum absolute atomic E-state index is 11.1. The van der Waals surface area contributed by atoms with Crippen LogP contribution in [-0.4, -0.2) is 35.3 Å². The fourth-order valence-electron chi connectivity index (χ4n) is 1.61. The van der Waals surface area contributed by atoms with Crippen molar-refractivity contribution in [1.29, 1.82) is 0 Å². The second kappa shape index (κ2) is 5.87. The van der Waals surface area contributed by atoms with Crippen LogP contribution >= 0.6 is 0 Å². The third kappa shape index (κ3) is 2.77. The maximum atomic E-state index is 11.1. The van der Waals surface area contributed by atoms with Crippen molar-refractivity contribution in [2.75, 3.05) is 19.5 Å². The standard InChI is InChI=1S/C13H13N3O4/c1-19-11-10(7-14-13(16-11)20-2)15-9-6-4-3-5-8(9)12(17)18/h3-7,15H,1-2H3,(H,17,18). The lowest BCUT2D eigenvalue weighted by atomic mass is 10.2. The molecule has 7 heteroatoms. The predicted molar refractivity (Wildman–Crippen MR) is 71.8 cm³/mol. The van der Waals surface area contributed by atoms with Gasteiger partial charge in [-0.25, -0.2) is 9.78 Å². The number of para-hydroxylation sites is 1.